The molecule has 1 aliphatic carbocycles. The van der Waals surface area contributed by atoms with Crippen LogP contribution in [0.4, 0.5) is 5.69 Å². The normalized spacial score (nSPS) is 17.4. The van der Waals surface area contributed by atoms with E-state index in [1.54, 1.807) is 13.1 Å². The van der Waals surface area contributed by atoms with Gasteiger partial charge in [0, 0.05) is 29.8 Å². The molecule has 0 aliphatic heterocycles. The zero-order chi connectivity index (χ0) is 17.8. The fourth-order valence-corrected chi connectivity index (χ4v) is 4.24. The van der Waals surface area contributed by atoms with E-state index < -0.39 is 6.10 Å². The van der Waals surface area contributed by atoms with E-state index in [-0.39, 0.29) is 5.91 Å². The highest BCUT2D eigenvalue weighted by Gasteiger charge is 2.19. The number of nitrogens with zero attached hydrogens (tertiary/aromatic N) is 2. The molecule has 1 atom stereocenters. The van der Waals surface area contributed by atoms with Crippen LogP contribution in [0.3, 0.4) is 0 Å². The van der Waals surface area contributed by atoms with E-state index in [4.69, 9.17) is 0 Å². The third-order valence-corrected chi connectivity index (χ3v) is 5.55. The first kappa shape index (κ1) is 18.4. The first-order chi connectivity index (χ1) is 12.0. The summed E-state index contributed by atoms with van der Waals surface area (Å²) in [6.45, 7) is 2.19. The molecule has 6 heteroatoms. The summed E-state index contributed by atoms with van der Waals surface area (Å²) in [4.78, 5) is 17.0. The smallest absolute Gasteiger partial charge is 0.224 e. The molecule has 2 aromatic rings. The van der Waals surface area contributed by atoms with Gasteiger partial charge >= 0.3 is 0 Å². The molecule has 1 amide bonds. The average molecular weight is 408 g/mol. The molecule has 0 spiro atoms. The SMILES string of the molecule is CC(O)Cn1cc(NC(=O)CC2CCCCCC2)c2c(Br)ccnc21. The van der Waals surface area contributed by atoms with Crippen LogP contribution in [0, 0.1) is 5.92 Å². The standard InChI is InChI=1S/C19H26BrN3O2/c1-13(24)11-23-12-16(18-15(20)8-9-21-19(18)23)22-17(25)10-14-6-4-2-3-5-7-14/h8-9,12-14,24H,2-7,10-11H2,1H3,(H,22,25). The number of carbonyl (C=O) groups excluding carboxylic acids is 1. The number of aliphatic hydroxyl groups is 1. The fraction of sp³-hybridized carbons (Fsp3) is 0.579. The Morgan fingerprint density at radius 3 is 2.80 bits per heavy atom. The molecule has 2 aromatic heterocycles. The van der Waals surface area contributed by atoms with E-state index in [9.17, 15) is 9.90 Å². The lowest BCUT2D eigenvalue weighted by atomic mass is 9.96. The average Bonchev–Trinajstić information content (AvgIpc) is 2.72. The van der Waals surface area contributed by atoms with Crippen LogP contribution in [0.1, 0.15) is 51.9 Å². The number of aliphatic hydroxyl groups excluding tert-OH is 1. The summed E-state index contributed by atoms with van der Waals surface area (Å²) in [5.41, 5.74) is 1.52. The van der Waals surface area contributed by atoms with Crippen molar-refractivity contribution in [2.75, 3.05) is 5.32 Å². The Bertz CT molecular complexity index is 734. The molecule has 0 aromatic carbocycles. The van der Waals surface area contributed by atoms with Crippen molar-refractivity contribution in [1.29, 1.82) is 0 Å². The summed E-state index contributed by atoms with van der Waals surface area (Å²) < 4.78 is 2.79. The Kier molecular flexibility index (Phi) is 6.12. The number of rotatable bonds is 5. The second-order valence-electron chi connectivity index (χ2n) is 7.15. The van der Waals surface area contributed by atoms with E-state index in [1.165, 1.54) is 25.7 Å². The van der Waals surface area contributed by atoms with Gasteiger partial charge in [-0.1, -0.05) is 25.7 Å². The number of aromatic nitrogens is 2. The Balaban J connectivity index is 1.79. The molecule has 5 nitrogen and oxygen atoms in total. The first-order valence-corrected chi connectivity index (χ1v) is 9.95. The molecule has 3 rings (SSSR count). The number of nitrogens with one attached hydrogen (secondary N) is 1. The van der Waals surface area contributed by atoms with Crippen LogP contribution in [0.25, 0.3) is 11.0 Å². The topological polar surface area (TPSA) is 67.2 Å². The Morgan fingerprint density at radius 1 is 1.40 bits per heavy atom. The largest absolute Gasteiger partial charge is 0.392 e. The molecule has 136 valence electrons. The van der Waals surface area contributed by atoms with Crippen LogP contribution in [0.5, 0.6) is 0 Å². The minimum Gasteiger partial charge on any atom is -0.392 e. The van der Waals surface area contributed by atoms with Gasteiger partial charge in [0.05, 0.1) is 17.2 Å². The summed E-state index contributed by atoms with van der Waals surface area (Å²) in [6, 6.07) is 1.87. The number of hydrogen-bond donors (Lipinski definition) is 2. The maximum atomic E-state index is 12.6. The van der Waals surface area contributed by atoms with Crippen LogP contribution >= 0.6 is 15.9 Å². The quantitative estimate of drug-likeness (QED) is 0.717. The van der Waals surface area contributed by atoms with Gasteiger partial charge in [-0.15, -0.1) is 0 Å². The van der Waals surface area contributed by atoms with Crippen molar-refractivity contribution < 1.29 is 9.90 Å². The monoisotopic (exact) mass is 407 g/mol. The molecule has 0 radical (unpaired) electrons. The predicted molar refractivity (Wildman–Crippen MR) is 104 cm³/mol. The summed E-state index contributed by atoms with van der Waals surface area (Å²) in [5, 5.41) is 13.7. The molecule has 25 heavy (non-hydrogen) atoms. The zero-order valence-corrected chi connectivity index (χ0v) is 16.3. The number of amides is 1. The zero-order valence-electron chi connectivity index (χ0n) is 14.7. The molecule has 2 N–H and O–H groups in total. The number of carbonyl (C=O) groups is 1. The molecular weight excluding hydrogens is 382 g/mol. The minimum absolute atomic E-state index is 0.0683. The summed E-state index contributed by atoms with van der Waals surface area (Å²) >= 11 is 3.56. The van der Waals surface area contributed by atoms with E-state index in [0.717, 1.165) is 34.0 Å². The second-order valence-corrected chi connectivity index (χ2v) is 8.00. The molecule has 1 fully saturated rings. The Hall–Kier alpha value is -1.40. The second kappa shape index (κ2) is 8.32. The van der Waals surface area contributed by atoms with Gasteiger partial charge < -0.3 is 15.0 Å². The van der Waals surface area contributed by atoms with E-state index in [0.29, 0.717) is 18.9 Å². The summed E-state index contributed by atoms with van der Waals surface area (Å²) in [5.74, 6) is 0.564. The highest BCUT2D eigenvalue weighted by atomic mass is 79.9. The van der Waals surface area contributed by atoms with Crippen molar-refractivity contribution in [2.45, 2.75) is 64.5 Å². The third-order valence-electron chi connectivity index (χ3n) is 4.89. The predicted octanol–water partition coefficient (Wildman–Crippen LogP) is 4.48. The van der Waals surface area contributed by atoms with Crippen molar-refractivity contribution in [3.05, 3.63) is 22.9 Å². The van der Waals surface area contributed by atoms with Gasteiger partial charge in [0.25, 0.3) is 0 Å². The molecule has 2 heterocycles. The Labute approximate surface area is 156 Å². The van der Waals surface area contributed by atoms with Crippen LogP contribution in [-0.4, -0.2) is 26.7 Å². The van der Waals surface area contributed by atoms with Gasteiger partial charge in [-0.3, -0.25) is 4.79 Å². The molecule has 1 unspecified atom stereocenters. The molecular formula is C19H26BrN3O2. The van der Waals surface area contributed by atoms with Crippen LogP contribution < -0.4 is 5.32 Å². The van der Waals surface area contributed by atoms with Crippen molar-refractivity contribution in [2.24, 2.45) is 5.92 Å². The number of hydrogen-bond acceptors (Lipinski definition) is 3. The van der Waals surface area contributed by atoms with Gasteiger partial charge in [-0.2, -0.15) is 0 Å². The summed E-state index contributed by atoms with van der Waals surface area (Å²) in [6.07, 6.45) is 11.1. The van der Waals surface area contributed by atoms with E-state index in [1.807, 2.05) is 16.8 Å². The molecule has 1 saturated carbocycles. The van der Waals surface area contributed by atoms with Crippen LogP contribution in [0.2, 0.25) is 0 Å². The van der Waals surface area contributed by atoms with Crippen LogP contribution in [0.15, 0.2) is 22.9 Å². The lowest BCUT2D eigenvalue weighted by Crippen LogP contribution is -2.16. The van der Waals surface area contributed by atoms with Crippen molar-refractivity contribution >= 4 is 38.6 Å². The maximum absolute atomic E-state index is 12.6. The van der Waals surface area contributed by atoms with Gasteiger partial charge in [-0.05, 0) is 47.7 Å². The fourth-order valence-electron chi connectivity index (χ4n) is 3.73. The van der Waals surface area contributed by atoms with Crippen molar-refractivity contribution in [3.63, 3.8) is 0 Å². The van der Waals surface area contributed by atoms with E-state index in [2.05, 4.69) is 26.2 Å². The number of anilines is 1. The highest BCUT2D eigenvalue weighted by Crippen LogP contribution is 2.32. The number of halogens is 1. The Morgan fingerprint density at radius 2 is 2.12 bits per heavy atom. The van der Waals surface area contributed by atoms with Crippen LogP contribution in [-0.2, 0) is 11.3 Å². The number of pyridine rings is 1. The third kappa shape index (κ3) is 4.61. The number of fused-ring (bicyclic) bond motifs is 1. The van der Waals surface area contributed by atoms with Gasteiger partial charge in [0.15, 0.2) is 0 Å². The minimum atomic E-state index is -0.481. The lowest BCUT2D eigenvalue weighted by molar-refractivity contribution is -0.117. The summed E-state index contributed by atoms with van der Waals surface area (Å²) in [7, 11) is 0. The molecule has 0 bridgehead atoms. The van der Waals surface area contributed by atoms with Gasteiger partial charge in [0.1, 0.15) is 5.65 Å². The van der Waals surface area contributed by atoms with Gasteiger partial charge in [-0.25, -0.2) is 4.98 Å². The lowest BCUT2D eigenvalue weighted by Gasteiger charge is -2.13. The van der Waals surface area contributed by atoms with Gasteiger partial charge in [0.2, 0.25) is 5.91 Å². The van der Waals surface area contributed by atoms with Crippen molar-refractivity contribution in [3.8, 4) is 0 Å². The molecule has 0 saturated heterocycles. The maximum Gasteiger partial charge on any atom is 0.224 e. The highest BCUT2D eigenvalue weighted by molar-refractivity contribution is 9.10. The first-order valence-electron chi connectivity index (χ1n) is 9.16. The van der Waals surface area contributed by atoms with Crippen molar-refractivity contribution in [1.82, 2.24) is 9.55 Å². The van der Waals surface area contributed by atoms with E-state index >= 15 is 0 Å². The molecule has 1 aliphatic rings.